The van der Waals surface area contributed by atoms with E-state index in [-0.39, 0.29) is 54.9 Å². The van der Waals surface area contributed by atoms with Gasteiger partial charge in [0.15, 0.2) is 5.69 Å². The summed E-state index contributed by atoms with van der Waals surface area (Å²) in [4.78, 5) is 31.0. The Bertz CT molecular complexity index is 1670. The van der Waals surface area contributed by atoms with Crippen molar-refractivity contribution in [1.82, 2.24) is 25.4 Å². The lowest BCUT2D eigenvalue weighted by Crippen LogP contribution is -2.42. The summed E-state index contributed by atoms with van der Waals surface area (Å²) in [6.45, 7) is -0.186. The number of nitrogens with one attached hydrogen (secondary N) is 2. The highest BCUT2D eigenvalue weighted by atomic mass is 19.4. The molecule has 14 heteroatoms. The van der Waals surface area contributed by atoms with Crippen LogP contribution in [0.25, 0.3) is 11.1 Å². The molecule has 0 spiro atoms. The van der Waals surface area contributed by atoms with Crippen LogP contribution in [-0.2, 0) is 30.4 Å². The lowest BCUT2D eigenvalue weighted by Gasteiger charge is -2.28. The molecule has 1 unspecified atom stereocenters. The Morgan fingerprint density at radius 1 is 1.07 bits per heavy atom. The molecule has 1 aliphatic heterocycles. The van der Waals surface area contributed by atoms with Gasteiger partial charge >= 0.3 is 6.18 Å². The fraction of sp³-hybridized carbons (Fsp3) is 0.241. The van der Waals surface area contributed by atoms with E-state index in [9.17, 15) is 35.9 Å². The van der Waals surface area contributed by atoms with E-state index in [1.165, 1.54) is 23.2 Å². The summed E-state index contributed by atoms with van der Waals surface area (Å²) in [6.07, 6.45) is -3.15. The maximum absolute atomic E-state index is 14.2. The van der Waals surface area contributed by atoms with E-state index in [2.05, 4.69) is 20.5 Å². The smallest absolute Gasteiger partial charge is 0.366 e. The second-order valence-electron chi connectivity index (χ2n) is 10.1. The highest BCUT2D eigenvalue weighted by molar-refractivity contribution is 5.94. The lowest BCUT2D eigenvalue weighted by molar-refractivity contribution is -0.142. The summed E-state index contributed by atoms with van der Waals surface area (Å²) in [5, 5.41) is 8.60. The summed E-state index contributed by atoms with van der Waals surface area (Å²) in [5.41, 5.74) is 5.35. The van der Waals surface area contributed by atoms with Crippen LogP contribution >= 0.6 is 0 Å². The molecular weight excluding hydrogens is 578 g/mol. The Kier molecular flexibility index (Phi) is 8.22. The van der Waals surface area contributed by atoms with Crippen molar-refractivity contribution in [2.24, 2.45) is 5.73 Å². The van der Waals surface area contributed by atoms with Crippen molar-refractivity contribution in [2.75, 3.05) is 13.1 Å². The molecule has 2 amide bonds. The number of hydrogen-bond acceptors (Lipinski definition) is 5. The number of nitrogens with zero attached hydrogens (tertiary/aromatic N) is 3. The van der Waals surface area contributed by atoms with Gasteiger partial charge in [-0.2, -0.15) is 18.3 Å². The van der Waals surface area contributed by atoms with E-state index in [1.54, 1.807) is 12.1 Å². The van der Waals surface area contributed by atoms with Crippen LogP contribution in [0.15, 0.2) is 54.7 Å². The van der Waals surface area contributed by atoms with Crippen molar-refractivity contribution in [2.45, 2.75) is 31.6 Å². The molecule has 43 heavy (non-hydrogen) atoms. The normalized spacial score (nSPS) is 14.3. The summed E-state index contributed by atoms with van der Waals surface area (Å²) >= 11 is 0. The maximum Gasteiger partial charge on any atom is 0.435 e. The zero-order chi connectivity index (χ0) is 30.9. The molecule has 0 radical (unpaired) electrons. The van der Waals surface area contributed by atoms with Crippen molar-refractivity contribution in [3.63, 3.8) is 0 Å². The summed E-state index contributed by atoms with van der Waals surface area (Å²) < 4.78 is 82.5. The molecule has 224 valence electrons. The Labute approximate surface area is 240 Å². The van der Waals surface area contributed by atoms with E-state index in [1.807, 2.05) is 0 Å². The number of benzene rings is 2. The molecule has 4 aromatic rings. The minimum absolute atomic E-state index is 0.0353. The molecule has 0 fully saturated rings. The van der Waals surface area contributed by atoms with Gasteiger partial charge in [0, 0.05) is 48.6 Å². The number of halogens is 6. The Morgan fingerprint density at radius 3 is 2.51 bits per heavy atom. The first-order valence-corrected chi connectivity index (χ1v) is 13.0. The van der Waals surface area contributed by atoms with Gasteiger partial charge in [0.1, 0.15) is 17.5 Å². The fourth-order valence-corrected chi connectivity index (χ4v) is 5.16. The van der Waals surface area contributed by atoms with Crippen LogP contribution in [0.2, 0.25) is 0 Å². The van der Waals surface area contributed by atoms with Crippen molar-refractivity contribution in [3.05, 3.63) is 106 Å². The number of nitrogens with two attached hydrogens (primary N) is 1. The molecule has 8 nitrogen and oxygen atoms in total. The van der Waals surface area contributed by atoms with Crippen LogP contribution in [0.1, 0.15) is 44.6 Å². The molecule has 3 heterocycles. The standard InChI is InChI=1S/C29H24F6N6O2/c30-17-8-15(9-18(31)12-17)10-24(26-19(2-1-6-37-26)16-3-4-22(32)20(11-16)28(36)43)38-25(42)14-41-7-5-23-21(13-41)27(40-39-23)29(33,34)35/h1-4,6,8-9,11-12,24H,5,7,10,13-14H2,(H2,36,43)(H,38,42)(H,39,40). The van der Waals surface area contributed by atoms with Gasteiger partial charge in [0.25, 0.3) is 5.91 Å². The van der Waals surface area contributed by atoms with Crippen LogP contribution in [0.4, 0.5) is 26.3 Å². The molecule has 0 bridgehead atoms. The zero-order valence-electron chi connectivity index (χ0n) is 22.3. The first kappa shape index (κ1) is 29.8. The third-order valence-electron chi connectivity index (χ3n) is 7.06. The number of aromatic amines is 1. The average molecular weight is 603 g/mol. The number of primary amides is 1. The largest absolute Gasteiger partial charge is 0.435 e. The molecule has 1 aliphatic rings. The maximum atomic E-state index is 14.2. The third-order valence-corrected chi connectivity index (χ3v) is 7.06. The number of fused-ring (bicyclic) bond motifs is 1. The van der Waals surface area contributed by atoms with Gasteiger partial charge in [-0.3, -0.25) is 24.6 Å². The van der Waals surface area contributed by atoms with E-state index in [4.69, 9.17) is 5.73 Å². The molecular formula is C29H24F6N6O2. The molecule has 0 saturated heterocycles. The predicted octanol–water partition coefficient (Wildman–Crippen LogP) is 4.47. The molecule has 5 rings (SSSR count). The molecule has 1 atom stereocenters. The van der Waals surface area contributed by atoms with Gasteiger partial charge in [0.2, 0.25) is 5.91 Å². The molecule has 0 aliphatic carbocycles. The first-order chi connectivity index (χ1) is 20.4. The van der Waals surface area contributed by atoms with E-state index in [0.717, 1.165) is 18.2 Å². The lowest BCUT2D eigenvalue weighted by atomic mass is 9.94. The first-order valence-electron chi connectivity index (χ1n) is 13.0. The summed E-state index contributed by atoms with van der Waals surface area (Å²) in [5.74, 6) is -4.10. The number of carbonyl (C=O) groups excluding carboxylic acids is 2. The number of alkyl halides is 3. The van der Waals surface area contributed by atoms with E-state index >= 15 is 0 Å². The van der Waals surface area contributed by atoms with Crippen molar-refractivity contribution in [1.29, 1.82) is 0 Å². The van der Waals surface area contributed by atoms with Gasteiger partial charge < -0.3 is 11.1 Å². The second kappa shape index (κ2) is 11.9. The van der Waals surface area contributed by atoms with Gasteiger partial charge in [-0.25, -0.2) is 13.2 Å². The Balaban J connectivity index is 1.45. The Morgan fingerprint density at radius 2 is 1.81 bits per heavy atom. The van der Waals surface area contributed by atoms with Crippen LogP contribution in [-0.4, -0.2) is 45.0 Å². The van der Waals surface area contributed by atoms with Crippen LogP contribution in [0, 0.1) is 17.5 Å². The van der Waals surface area contributed by atoms with Crippen molar-refractivity contribution >= 4 is 11.8 Å². The number of pyridine rings is 1. The SMILES string of the molecule is NC(=O)c1cc(-c2cccnc2C(Cc2cc(F)cc(F)c2)NC(=O)CN2CCc3[nH]nc(C(F)(F)F)c3C2)ccc1F. The van der Waals surface area contributed by atoms with E-state index < -0.39 is 47.2 Å². The fourth-order valence-electron chi connectivity index (χ4n) is 5.16. The number of rotatable bonds is 8. The number of amides is 2. The van der Waals surface area contributed by atoms with Gasteiger partial charge in [-0.05, 0) is 47.9 Å². The quantitative estimate of drug-likeness (QED) is 0.258. The topological polar surface area (TPSA) is 117 Å². The molecule has 0 saturated carbocycles. The highest BCUT2D eigenvalue weighted by Gasteiger charge is 2.39. The minimum Gasteiger partial charge on any atom is -0.366 e. The monoisotopic (exact) mass is 602 g/mol. The summed E-state index contributed by atoms with van der Waals surface area (Å²) in [7, 11) is 0. The Hall–Kier alpha value is -4.72. The van der Waals surface area contributed by atoms with Crippen molar-refractivity contribution < 1.29 is 35.9 Å². The van der Waals surface area contributed by atoms with Gasteiger partial charge in [0.05, 0.1) is 23.8 Å². The predicted molar refractivity (Wildman–Crippen MR) is 142 cm³/mol. The van der Waals surface area contributed by atoms with Crippen molar-refractivity contribution in [3.8, 4) is 11.1 Å². The molecule has 2 aromatic carbocycles. The van der Waals surface area contributed by atoms with Gasteiger partial charge in [-0.1, -0.05) is 12.1 Å². The van der Waals surface area contributed by atoms with Crippen LogP contribution < -0.4 is 11.1 Å². The summed E-state index contributed by atoms with van der Waals surface area (Å²) in [6, 6.07) is 8.74. The number of carbonyl (C=O) groups is 2. The highest BCUT2D eigenvalue weighted by Crippen LogP contribution is 2.34. The van der Waals surface area contributed by atoms with Crippen LogP contribution in [0.3, 0.4) is 0 Å². The average Bonchev–Trinajstić information content (AvgIpc) is 3.36. The number of H-pyrrole nitrogens is 1. The third kappa shape index (κ3) is 6.69. The van der Waals surface area contributed by atoms with E-state index in [0.29, 0.717) is 22.9 Å². The minimum atomic E-state index is -4.66. The second-order valence-corrected chi connectivity index (χ2v) is 10.1. The van der Waals surface area contributed by atoms with Crippen LogP contribution in [0.5, 0.6) is 0 Å². The molecule has 4 N–H and O–H groups in total. The zero-order valence-corrected chi connectivity index (χ0v) is 22.3. The number of aromatic nitrogens is 3. The number of hydrogen-bond donors (Lipinski definition) is 3. The molecule has 2 aromatic heterocycles. The van der Waals surface area contributed by atoms with Gasteiger partial charge in [-0.15, -0.1) is 0 Å².